The van der Waals surface area contributed by atoms with E-state index in [1.165, 1.54) is 6.08 Å². The molecule has 1 aromatic rings. The molecule has 0 fully saturated rings. The second kappa shape index (κ2) is 6.45. The summed E-state index contributed by atoms with van der Waals surface area (Å²) in [6.07, 6.45) is 6.80. The van der Waals surface area contributed by atoms with Crippen LogP contribution in [0.2, 0.25) is 0 Å². The predicted molar refractivity (Wildman–Crippen MR) is 63.9 cm³/mol. The maximum absolute atomic E-state index is 11.3. The molecule has 3 heteroatoms. The smallest absolute Gasteiger partial charge is 0.244 e. The lowest BCUT2D eigenvalue weighted by molar-refractivity contribution is -0.116. The molecule has 16 heavy (non-hydrogen) atoms. The van der Waals surface area contributed by atoms with Gasteiger partial charge in [0.1, 0.15) is 5.75 Å². The van der Waals surface area contributed by atoms with E-state index in [0.717, 1.165) is 5.56 Å². The number of hydrogen-bond donors (Lipinski definition) is 2. The molecular formula is C13H15NO2. The second-order valence-electron chi connectivity index (χ2n) is 3.27. The summed E-state index contributed by atoms with van der Waals surface area (Å²) in [4.78, 5) is 11.3. The van der Waals surface area contributed by atoms with Gasteiger partial charge in [0.25, 0.3) is 0 Å². The predicted octanol–water partition coefficient (Wildman–Crippen LogP) is 2.14. The minimum absolute atomic E-state index is 0.133. The Morgan fingerprint density at radius 3 is 2.62 bits per heavy atom. The molecule has 84 valence electrons. The van der Waals surface area contributed by atoms with Gasteiger partial charge in [0.2, 0.25) is 5.91 Å². The first-order valence-corrected chi connectivity index (χ1v) is 5.07. The molecule has 0 bridgehead atoms. The van der Waals surface area contributed by atoms with Crippen LogP contribution in [0.15, 0.2) is 48.6 Å². The highest BCUT2D eigenvalue weighted by molar-refractivity contribution is 5.87. The zero-order valence-corrected chi connectivity index (χ0v) is 9.18. The number of allylic oxidation sites excluding steroid dienone is 3. The standard InChI is InChI=1S/C13H15NO2/c1-2-3-4-5-13(16)14-10-11-6-8-12(15)9-7-11/h2-9,15H,10H2,1H3,(H,14,16)/b3-2+,5-4+. The van der Waals surface area contributed by atoms with Crippen molar-refractivity contribution < 1.29 is 9.90 Å². The molecule has 1 aromatic carbocycles. The summed E-state index contributed by atoms with van der Waals surface area (Å²) in [5.74, 6) is 0.0919. The first-order valence-electron chi connectivity index (χ1n) is 5.07. The van der Waals surface area contributed by atoms with Crippen molar-refractivity contribution >= 4 is 5.91 Å². The van der Waals surface area contributed by atoms with Crippen molar-refractivity contribution in [2.45, 2.75) is 13.5 Å². The van der Waals surface area contributed by atoms with Crippen molar-refractivity contribution in [3.63, 3.8) is 0 Å². The summed E-state index contributed by atoms with van der Waals surface area (Å²) in [5.41, 5.74) is 0.950. The van der Waals surface area contributed by atoms with E-state index in [1.54, 1.807) is 36.4 Å². The van der Waals surface area contributed by atoms with Crippen LogP contribution >= 0.6 is 0 Å². The summed E-state index contributed by atoms with van der Waals surface area (Å²) in [6, 6.07) is 6.73. The minimum Gasteiger partial charge on any atom is -0.508 e. The van der Waals surface area contributed by atoms with Gasteiger partial charge < -0.3 is 10.4 Å². The summed E-state index contributed by atoms with van der Waals surface area (Å²) >= 11 is 0. The first-order chi connectivity index (χ1) is 7.72. The minimum atomic E-state index is -0.133. The van der Waals surface area contributed by atoms with Crippen LogP contribution in [0.3, 0.4) is 0 Å². The average molecular weight is 217 g/mol. The van der Waals surface area contributed by atoms with Gasteiger partial charge in [-0.3, -0.25) is 4.79 Å². The lowest BCUT2D eigenvalue weighted by Crippen LogP contribution is -2.20. The van der Waals surface area contributed by atoms with Crippen LogP contribution in [0, 0.1) is 0 Å². The van der Waals surface area contributed by atoms with Crippen molar-refractivity contribution in [2.24, 2.45) is 0 Å². The molecule has 0 aromatic heterocycles. The Hall–Kier alpha value is -2.03. The number of carbonyl (C=O) groups excluding carboxylic acids is 1. The Morgan fingerprint density at radius 1 is 1.31 bits per heavy atom. The number of aromatic hydroxyl groups is 1. The molecular weight excluding hydrogens is 202 g/mol. The van der Waals surface area contributed by atoms with Gasteiger partial charge in [-0.25, -0.2) is 0 Å². The number of rotatable bonds is 4. The largest absolute Gasteiger partial charge is 0.508 e. The van der Waals surface area contributed by atoms with Gasteiger partial charge >= 0.3 is 0 Å². The Balaban J connectivity index is 2.40. The fourth-order valence-electron chi connectivity index (χ4n) is 1.12. The molecule has 0 heterocycles. The Morgan fingerprint density at radius 2 is 2.00 bits per heavy atom. The number of carbonyl (C=O) groups is 1. The van der Waals surface area contributed by atoms with Crippen LogP contribution in [0.5, 0.6) is 5.75 Å². The van der Waals surface area contributed by atoms with E-state index in [4.69, 9.17) is 5.11 Å². The van der Waals surface area contributed by atoms with Crippen LogP contribution in [0.4, 0.5) is 0 Å². The van der Waals surface area contributed by atoms with Gasteiger partial charge in [-0.2, -0.15) is 0 Å². The summed E-state index contributed by atoms with van der Waals surface area (Å²) in [5, 5.41) is 11.8. The van der Waals surface area contributed by atoms with Gasteiger partial charge in [-0.15, -0.1) is 0 Å². The number of benzene rings is 1. The monoisotopic (exact) mass is 217 g/mol. The fourth-order valence-corrected chi connectivity index (χ4v) is 1.12. The van der Waals surface area contributed by atoms with Crippen molar-refractivity contribution in [3.05, 3.63) is 54.1 Å². The number of hydrogen-bond acceptors (Lipinski definition) is 2. The van der Waals surface area contributed by atoms with Crippen LogP contribution in [-0.2, 0) is 11.3 Å². The van der Waals surface area contributed by atoms with Gasteiger partial charge in [-0.1, -0.05) is 30.4 Å². The first kappa shape index (κ1) is 12.0. The quantitative estimate of drug-likeness (QED) is 0.599. The topological polar surface area (TPSA) is 49.3 Å². The van der Waals surface area contributed by atoms with Crippen molar-refractivity contribution in [2.75, 3.05) is 0 Å². The van der Waals surface area contributed by atoms with Crippen LogP contribution in [0.1, 0.15) is 12.5 Å². The van der Waals surface area contributed by atoms with E-state index in [1.807, 2.05) is 13.0 Å². The van der Waals surface area contributed by atoms with E-state index in [2.05, 4.69) is 5.32 Å². The average Bonchev–Trinajstić information content (AvgIpc) is 2.29. The van der Waals surface area contributed by atoms with Gasteiger partial charge in [0.15, 0.2) is 0 Å². The molecule has 3 nitrogen and oxygen atoms in total. The van der Waals surface area contributed by atoms with Gasteiger partial charge in [-0.05, 0) is 24.6 Å². The normalized spacial score (nSPS) is 11.1. The highest BCUT2D eigenvalue weighted by atomic mass is 16.3. The van der Waals surface area contributed by atoms with Crippen LogP contribution < -0.4 is 5.32 Å². The highest BCUT2D eigenvalue weighted by Crippen LogP contribution is 2.08. The van der Waals surface area contributed by atoms with E-state index < -0.39 is 0 Å². The summed E-state index contributed by atoms with van der Waals surface area (Å²) < 4.78 is 0. The Kier molecular flexibility index (Phi) is 4.86. The molecule has 0 atom stereocenters. The second-order valence-corrected chi connectivity index (χ2v) is 3.27. The summed E-state index contributed by atoms with van der Waals surface area (Å²) in [7, 11) is 0. The molecule has 0 aliphatic rings. The number of amides is 1. The third-order valence-corrected chi connectivity index (χ3v) is 1.95. The number of nitrogens with one attached hydrogen (secondary N) is 1. The zero-order chi connectivity index (χ0) is 11.8. The summed E-state index contributed by atoms with van der Waals surface area (Å²) in [6.45, 7) is 2.35. The highest BCUT2D eigenvalue weighted by Gasteiger charge is 1.96. The molecule has 0 saturated heterocycles. The lowest BCUT2D eigenvalue weighted by atomic mass is 10.2. The maximum Gasteiger partial charge on any atom is 0.244 e. The SMILES string of the molecule is C/C=C/C=C/C(=O)NCc1ccc(O)cc1. The molecule has 1 rings (SSSR count). The molecule has 0 aliphatic carbocycles. The van der Waals surface area contributed by atoms with E-state index in [9.17, 15) is 4.79 Å². The van der Waals surface area contributed by atoms with Crippen LogP contribution in [0.25, 0.3) is 0 Å². The zero-order valence-electron chi connectivity index (χ0n) is 9.18. The number of phenolic OH excluding ortho intramolecular Hbond substituents is 1. The molecule has 0 unspecified atom stereocenters. The van der Waals surface area contributed by atoms with E-state index in [-0.39, 0.29) is 11.7 Å². The number of phenols is 1. The lowest BCUT2D eigenvalue weighted by Gasteiger charge is -2.02. The van der Waals surface area contributed by atoms with E-state index in [0.29, 0.717) is 6.54 Å². The van der Waals surface area contributed by atoms with Crippen LogP contribution in [-0.4, -0.2) is 11.0 Å². The van der Waals surface area contributed by atoms with Crippen molar-refractivity contribution in [1.29, 1.82) is 0 Å². The molecule has 0 spiro atoms. The molecule has 0 radical (unpaired) electrons. The van der Waals surface area contributed by atoms with Gasteiger partial charge in [0, 0.05) is 12.6 Å². The third kappa shape index (κ3) is 4.46. The Bertz CT molecular complexity index is 391. The molecule has 0 saturated carbocycles. The molecule has 2 N–H and O–H groups in total. The molecule has 1 amide bonds. The van der Waals surface area contributed by atoms with Crippen molar-refractivity contribution in [3.8, 4) is 5.75 Å². The Labute approximate surface area is 95.1 Å². The molecule has 0 aliphatic heterocycles. The van der Waals surface area contributed by atoms with Crippen molar-refractivity contribution in [1.82, 2.24) is 5.32 Å². The maximum atomic E-state index is 11.3. The third-order valence-electron chi connectivity index (χ3n) is 1.95. The van der Waals surface area contributed by atoms with Gasteiger partial charge in [0.05, 0.1) is 0 Å². The van der Waals surface area contributed by atoms with E-state index >= 15 is 0 Å². The fraction of sp³-hybridized carbons (Fsp3) is 0.154.